The van der Waals surface area contributed by atoms with Gasteiger partial charge in [0.05, 0.1) is 5.56 Å². The zero-order valence-electron chi connectivity index (χ0n) is 14.8. The first-order valence-electron chi connectivity index (χ1n) is 8.07. The summed E-state index contributed by atoms with van der Waals surface area (Å²) in [4.78, 5) is 26.2. The monoisotopic (exact) mass is 377 g/mol. The summed E-state index contributed by atoms with van der Waals surface area (Å²) in [5.41, 5.74) is 2.39. The molecule has 1 atom stereocenters. The van der Waals surface area contributed by atoms with Gasteiger partial charge in [-0.25, -0.2) is 4.39 Å². The molecule has 0 heterocycles. The van der Waals surface area contributed by atoms with Crippen LogP contribution in [0.3, 0.4) is 0 Å². The smallest absolute Gasteiger partial charge is 0.253 e. The molecule has 0 aliphatic rings. The van der Waals surface area contributed by atoms with Crippen molar-refractivity contribution >= 4 is 34.8 Å². The molecule has 2 N–H and O–H groups in total. The minimum Gasteiger partial charge on any atom is -0.377 e. The van der Waals surface area contributed by atoms with Gasteiger partial charge in [0, 0.05) is 32.0 Å². The molecular weight excluding hydrogens is 357 g/mol. The standard InChI is InChI=1S/C19H21ClFN3O2/c1-12(20)18(25)23-15-8-9-17(24(2)3)16(10-15)19(26)22-11-13-4-6-14(21)7-5-13/h4-10,12H,11H2,1-3H3,(H,22,26)(H,23,25)/t12-/m1/s1. The highest BCUT2D eigenvalue weighted by atomic mass is 35.5. The quantitative estimate of drug-likeness (QED) is 0.758. The van der Waals surface area contributed by atoms with Crippen molar-refractivity contribution in [1.82, 2.24) is 5.32 Å². The van der Waals surface area contributed by atoms with E-state index in [0.29, 0.717) is 16.9 Å². The first kappa shape index (κ1) is 19.7. The van der Waals surface area contributed by atoms with Crippen molar-refractivity contribution in [3.8, 4) is 0 Å². The summed E-state index contributed by atoms with van der Waals surface area (Å²) in [5, 5.41) is 4.80. The van der Waals surface area contributed by atoms with Crippen molar-refractivity contribution in [3.05, 3.63) is 59.4 Å². The average molecular weight is 378 g/mol. The van der Waals surface area contributed by atoms with Crippen LogP contribution in [0.4, 0.5) is 15.8 Å². The van der Waals surface area contributed by atoms with Crippen molar-refractivity contribution in [3.63, 3.8) is 0 Å². The number of carbonyl (C=O) groups excluding carboxylic acids is 2. The third kappa shape index (κ3) is 5.20. The number of anilines is 2. The maximum absolute atomic E-state index is 13.0. The van der Waals surface area contributed by atoms with Crippen LogP contribution in [-0.2, 0) is 11.3 Å². The second kappa shape index (κ2) is 8.67. The molecule has 0 bridgehead atoms. The summed E-state index contributed by atoms with van der Waals surface area (Å²) in [6.07, 6.45) is 0. The van der Waals surface area contributed by atoms with E-state index in [1.807, 2.05) is 19.0 Å². The molecule has 0 unspecified atom stereocenters. The van der Waals surface area contributed by atoms with Gasteiger partial charge in [-0.05, 0) is 42.8 Å². The molecule has 26 heavy (non-hydrogen) atoms. The number of benzene rings is 2. The number of nitrogens with zero attached hydrogens (tertiary/aromatic N) is 1. The zero-order chi connectivity index (χ0) is 19.3. The molecule has 0 aliphatic carbocycles. The predicted molar refractivity (Wildman–Crippen MR) is 102 cm³/mol. The van der Waals surface area contributed by atoms with E-state index >= 15 is 0 Å². The molecule has 7 heteroatoms. The molecule has 0 aliphatic heterocycles. The summed E-state index contributed by atoms with van der Waals surface area (Å²) in [7, 11) is 3.65. The molecule has 2 aromatic rings. The highest BCUT2D eigenvalue weighted by molar-refractivity contribution is 6.32. The Morgan fingerprint density at radius 2 is 1.81 bits per heavy atom. The van der Waals surface area contributed by atoms with Crippen LogP contribution in [0, 0.1) is 5.82 Å². The molecule has 0 saturated heterocycles. The molecule has 0 saturated carbocycles. The Balaban J connectivity index is 2.19. The molecule has 138 valence electrons. The lowest BCUT2D eigenvalue weighted by atomic mass is 10.1. The van der Waals surface area contributed by atoms with Crippen LogP contribution in [0.1, 0.15) is 22.8 Å². The Labute approximate surface area is 157 Å². The SMILES string of the molecule is C[C@@H](Cl)C(=O)Nc1ccc(N(C)C)c(C(=O)NCc2ccc(F)cc2)c1. The molecule has 2 amide bonds. The number of alkyl halides is 1. The van der Waals surface area contributed by atoms with Crippen LogP contribution in [0.15, 0.2) is 42.5 Å². The van der Waals surface area contributed by atoms with Crippen molar-refractivity contribution in [2.24, 2.45) is 0 Å². The van der Waals surface area contributed by atoms with E-state index in [4.69, 9.17) is 11.6 Å². The Morgan fingerprint density at radius 1 is 1.15 bits per heavy atom. The van der Waals surface area contributed by atoms with Crippen LogP contribution in [0.2, 0.25) is 0 Å². The lowest BCUT2D eigenvalue weighted by Crippen LogP contribution is -2.26. The first-order valence-corrected chi connectivity index (χ1v) is 8.50. The number of hydrogen-bond donors (Lipinski definition) is 2. The zero-order valence-corrected chi connectivity index (χ0v) is 15.6. The molecule has 2 aromatic carbocycles. The average Bonchev–Trinajstić information content (AvgIpc) is 2.60. The molecule has 0 spiro atoms. The first-order chi connectivity index (χ1) is 12.3. The Hall–Kier alpha value is -2.60. The van der Waals surface area contributed by atoms with E-state index in [1.54, 1.807) is 37.3 Å². The summed E-state index contributed by atoms with van der Waals surface area (Å²) in [5.74, 6) is -0.970. The van der Waals surface area contributed by atoms with Gasteiger partial charge >= 0.3 is 0 Å². The summed E-state index contributed by atoms with van der Waals surface area (Å²) in [6.45, 7) is 1.84. The van der Waals surface area contributed by atoms with Gasteiger partial charge in [0.2, 0.25) is 5.91 Å². The van der Waals surface area contributed by atoms with Gasteiger partial charge in [-0.1, -0.05) is 12.1 Å². The number of amides is 2. The maximum atomic E-state index is 13.0. The van der Waals surface area contributed by atoms with Gasteiger partial charge in [-0.15, -0.1) is 11.6 Å². The highest BCUT2D eigenvalue weighted by Crippen LogP contribution is 2.23. The molecule has 0 radical (unpaired) electrons. The third-order valence-electron chi connectivity index (χ3n) is 3.72. The lowest BCUT2D eigenvalue weighted by Gasteiger charge is -2.19. The topological polar surface area (TPSA) is 61.4 Å². The minimum atomic E-state index is -0.681. The van der Waals surface area contributed by atoms with E-state index in [1.165, 1.54) is 12.1 Å². The van der Waals surface area contributed by atoms with Crippen molar-refractivity contribution in [2.75, 3.05) is 24.3 Å². The van der Waals surface area contributed by atoms with Crippen LogP contribution in [0.5, 0.6) is 0 Å². The van der Waals surface area contributed by atoms with Crippen molar-refractivity contribution < 1.29 is 14.0 Å². The van der Waals surface area contributed by atoms with Crippen molar-refractivity contribution in [2.45, 2.75) is 18.8 Å². The Bertz CT molecular complexity index is 792. The second-order valence-corrected chi connectivity index (χ2v) is 6.70. The molecule has 5 nitrogen and oxygen atoms in total. The maximum Gasteiger partial charge on any atom is 0.253 e. The van der Waals surface area contributed by atoms with E-state index < -0.39 is 5.38 Å². The van der Waals surface area contributed by atoms with E-state index in [0.717, 1.165) is 5.56 Å². The van der Waals surface area contributed by atoms with E-state index in [9.17, 15) is 14.0 Å². The van der Waals surface area contributed by atoms with Gasteiger partial charge in [0.1, 0.15) is 11.2 Å². The van der Waals surface area contributed by atoms with Gasteiger partial charge in [-0.2, -0.15) is 0 Å². The van der Waals surface area contributed by atoms with Crippen LogP contribution in [-0.4, -0.2) is 31.3 Å². The Kier molecular flexibility index (Phi) is 6.58. The van der Waals surface area contributed by atoms with Crippen LogP contribution in [0.25, 0.3) is 0 Å². The molecule has 0 aromatic heterocycles. The van der Waals surface area contributed by atoms with Gasteiger partial charge in [0.25, 0.3) is 5.91 Å². The fourth-order valence-electron chi connectivity index (χ4n) is 2.31. The largest absolute Gasteiger partial charge is 0.377 e. The fourth-order valence-corrected chi connectivity index (χ4v) is 2.36. The number of hydrogen-bond acceptors (Lipinski definition) is 3. The number of halogens is 2. The molecular formula is C19H21ClFN3O2. The van der Waals surface area contributed by atoms with Gasteiger partial charge in [-0.3, -0.25) is 9.59 Å². The van der Waals surface area contributed by atoms with Gasteiger partial charge < -0.3 is 15.5 Å². The number of nitrogens with one attached hydrogen (secondary N) is 2. The summed E-state index contributed by atoms with van der Waals surface area (Å²) >= 11 is 5.76. The second-order valence-electron chi connectivity index (χ2n) is 6.04. The third-order valence-corrected chi connectivity index (χ3v) is 3.92. The lowest BCUT2D eigenvalue weighted by molar-refractivity contribution is -0.115. The molecule has 0 fully saturated rings. The molecule has 2 rings (SSSR count). The number of rotatable bonds is 6. The van der Waals surface area contributed by atoms with Crippen molar-refractivity contribution in [1.29, 1.82) is 0 Å². The Morgan fingerprint density at radius 3 is 2.38 bits per heavy atom. The van der Waals surface area contributed by atoms with E-state index in [2.05, 4.69) is 10.6 Å². The highest BCUT2D eigenvalue weighted by Gasteiger charge is 2.16. The summed E-state index contributed by atoms with van der Waals surface area (Å²) in [6, 6.07) is 11.0. The fraction of sp³-hybridized carbons (Fsp3) is 0.263. The normalized spacial score (nSPS) is 11.6. The van der Waals surface area contributed by atoms with E-state index in [-0.39, 0.29) is 24.2 Å². The van der Waals surface area contributed by atoms with Crippen LogP contribution >= 0.6 is 11.6 Å². The predicted octanol–water partition coefficient (Wildman–Crippen LogP) is 3.39. The minimum absolute atomic E-state index is 0.265. The number of carbonyl (C=O) groups is 2. The van der Waals surface area contributed by atoms with Gasteiger partial charge in [0.15, 0.2) is 0 Å². The summed E-state index contributed by atoms with van der Waals surface area (Å²) < 4.78 is 13.0. The van der Waals surface area contributed by atoms with Crippen LogP contribution < -0.4 is 15.5 Å².